The fourth-order valence-electron chi connectivity index (χ4n) is 1.87. The lowest BCUT2D eigenvalue weighted by molar-refractivity contribution is 0.180. The van der Waals surface area contributed by atoms with Gasteiger partial charge in [-0.3, -0.25) is 0 Å². The average Bonchev–Trinajstić information content (AvgIpc) is 2.42. The van der Waals surface area contributed by atoms with Crippen molar-refractivity contribution in [3.05, 3.63) is 25.3 Å². The van der Waals surface area contributed by atoms with E-state index in [1.54, 1.807) is 0 Å². The van der Waals surface area contributed by atoms with Crippen LogP contribution in [-0.4, -0.2) is 21.8 Å². The Labute approximate surface area is 151 Å². The smallest absolute Gasteiger partial charge is 0.370 e. The van der Waals surface area contributed by atoms with E-state index in [0.29, 0.717) is 0 Å². The van der Waals surface area contributed by atoms with Gasteiger partial charge < -0.3 is 8.85 Å². The van der Waals surface area contributed by atoms with Gasteiger partial charge in [0.2, 0.25) is 0 Å². The van der Waals surface area contributed by atoms with Crippen LogP contribution in [0.25, 0.3) is 0 Å². The van der Waals surface area contributed by atoms with Gasteiger partial charge in [0.1, 0.15) is 0 Å². The topological polar surface area (TPSA) is 18.5 Å². The van der Waals surface area contributed by atoms with Crippen molar-refractivity contribution in [3.8, 4) is 0 Å². The predicted octanol–water partition coefficient (Wildman–Crippen LogP) is 4.81. The molecular weight excluding hydrogens is 494 g/mol. The number of hydrogen-bond donors (Lipinski definition) is 0. The van der Waals surface area contributed by atoms with Gasteiger partial charge in [-0.1, -0.05) is 38.8 Å². The van der Waals surface area contributed by atoms with Crippen LogP contribution in [0.15, 0.2) is 18.2 Å². The first-order valence-electron chi connectivity index (χ1n) is 7.27. The third-order valence-corrected chi connectivity index (χ3v) is 9.70. The molecule has 0 bridgehead atoms. The van der Waals surface area contributed by atoms with Crippen molar-refractivity contribution in [1.82, 2.24) is 0 Å². The number of halogens is 2. The van der Waals surface area contributed by atoms with E-state index in [9.17, 15) is 0 Å². The molecule has 0 aromatic heterocycles. The van der Waals surface area contributed by atoms with Gasteiger partial charge in [-0.05, 0) is 70.6 Å². The molecule has 1 rings (SSSR count). The molecule has 0 unspecified atom stereocenters. The van der Waals surface area contributed by atoms with Gasteiger partial charge >= 0.3 is 8.56 Å². The van der Waals surface area contributed by atoms with E-state index < -0.39 is 8.56 Å². The number of unbranched alkanes of at least 4 members (excludes halogenated alkanes) is 2. The first kappa shape index (κ1) is 18.9. The van der Waals surface area contributed by atoms with Gasteiger partial charge in [0, 0.05) is 25.5 Å². The molecule has 0 saturated carbocycles. The van der Waals surface area contributed by atoms with Crippen molar-refractivity contribution in [3.63, 3.8) is 0 Å². The van der Waals surface area contributed by atoms with Crippen LogP contribution in [0, 0.1) is 7.14 Å². The van der Waals surface area contributed by atoms with Crippen LogP contribution < -0.4 is 5.19 Å². The summed E-state index contributed by atoms with van der Waals surface area (Å²) in [6.07, 6.45) is 4.51. The molecule has 0 heterocycles. The third kappa shape index (κ3) is 5.55. The average molecular weight is 518 g/mol. The first-order valence-corrected chi connectivity index (χ1v) is 11.7. The second-order valence-corrected chi connectivity index (χ2v) is 10.2. The van der Waals surface area contributed by atoms with Crippen LogP contribution in [0.4, 0.5) is 0 Å². The van der Waals surface area contributed by atoms with E-state index in [2.05, 4.69) is 83.8 Å². The fraction of sp³-hybridized carbons (Fsp3) is 0.600. The van der Waals surface area contributed by atoms with Gasteiger partial charge in [0.15, 0.2) is 0 Å². The van der Waals surface area contributed by atoms with E-state index in [4.69, 9.17) is 8.85 Å². The standard InChI is InChI=1S/C15H24I2O2Si/c1-4-6-11-18-20(3,19-12-7-5-2)14-10-8-9-13(16)15(14)17/h8-10H,4-7,11-12H2,1-3H3. The highest BCUT2D eigenvalue weighted by atomic mass is 127. The van der Waals surface area contributed by atoms with E-state index in [0.717, 1.165) is 38.9 Å². The van der Waals surface area contributed by atoms with Crippen molar-refractivity contribution >= 4 is 58.9 Å². The Morgan fingerprint density at radius 2 is 1.55 bits per heavy atom. The van der Waals surface area contributed by atoms with Crippen LogP contribution >= 0.6 is 45.2 Å². The molecule has 0 saturated heterocycles. The molecular formula is C15H24I2O2Si. The summed E-state index contributed by atoms with van der Waals surface area (Å²) in [6, 6.07) is 6.42. The summed E-state index contributed by atoms with van der Waals surface area (Å²) >= 11 is 4.80. The van der Waals surface area contributed by atoms with Crippen LogP contribution in [0.5, 0.6) is 0 Å². The SMILES string of the molecule is CCCCO[Si](C)(OCCCC)c1cccc(I)c1I. The highest BCUT2D eigenvalue weighted by Gasteiger charge is 2.36. The van der Waals surface area contributed by atoms with Crippen molar-refractivity contribution in [2.45, 2.75) is 46.1 Å². The quantitative estimate of drug-likeness (QED) is 0.266. The summed E-state index contributed by atoms with van der Waals surface area (Å²) in [7, 11) is -2.29. The molecule has 0 atom stereocenters. The van der Waals surface area contributed by atoms with Crippen molar-refractivity contribution < 1.29 is 8.85 Å². The maximum atomic E-state index is 6.25. The van der Waals surface area contributed by atoms with Gasteiger partial charge in [-0.25, -0.2) is 0 Å². The summed E-state index contributed by atoms with van der Waals surface area (Å²) in [5, 5.41) is 1.28. The zero-order valence-electron chi connectivity index (χ0n) is 12.5. The number of rotatable bonds is 9. The maximum absolute atomic E-state index is 6.25. The minimum atomic E-state index is -2.29. The Bertz CT molecular complexity index is 403. The van der Waals surface area contributed by atoms with E-state index in [-0.39, 0.29) is 0 Å². The highest BCUT2D eigenvalue weighted by molar-refractivity contribution is 14.1. The second-order valence-electron chi connectivity index (χ2n) is 4.95. The Balaban J connectivity index is 2.92. The van der Waals surface area contributed by atoms with Crippen LogP contribution in [0.1, 0.15) is 39.5 Å². The largest absolute Gasteiger partial charge is 0.391 e. The molecule has 0 spiro atoms. The summed E-state index contributed by atoms with van der Waals surface area (Å²) in [5.41, 5.74) is 0. The zero-order valence-corrected chi connectivity index (χ0v) is 17.9. The number of hydrogen-bond acceptors (Lipinski definition) is 2. The van der Waals surface area contributed by atoms with Crippen molar-refractivity contribution in [1.29, 1.82) is 0 Å². The molecule has 0 aliphatic rings. The molecule has 0 radical (unpaired) electrons. The molecule has 5 heteroatoms. The van der Waals surface area contributed by atoms with E-state index >= 15 is 0 Å². The molecule has 0 amide bonds. The van der Waals surface area contributed by atoms with Crippen LogP contribution in [0.2, 0.25) is 6.55 Å². The number of benzene rings is 1. The Morgan fingerprint density at radius 3 is 2.05 bits per heavy atom. The summed E-state index contributed by atoms with van der Waals surface area (Å²) < 4.78 is 15.1. The highest BCUT2D eigenvalue weighted by Crippen LogP contribution is 2.19. The second kappa shape index (κ2) is 9.76. The van der Waals surface area contributed by atoms with Gasteiger partial charge in [-0.15, -0.1) is 0 Å². The summed E-state index contributed by atoms with van der Waals surface area (Å²) in [6.45, 7) is 8.16. The molecule has 0 aliphatic carbocycles. The molecule has 20 heavy (non-hydrogen) atoms. The molecule has 0 fully saturated rings. The third-order valence-electron chi connectivity index (χ3n) is 3.19. The predicted molar refractivity (Wildman–Crippen MR) is 105 cm³/mol. The molecule has 1 aromatic rings. The fourth-order valence-corrected chi connectivity index (χ4v) is 6.85. The van der Waals surface area contributed by atoms with Crippen molar-refractivity contribution in [2.24, 2.45) is 0 Å². The lowest BCUT2D eigenvalue weighted by Gasteiger charge is -2.28. The van der Waals surface area contributed by atoms with E-state index in [1.165, 1.54) is 12.3 Å². The molecule has 0 N–H and O–H groups in total. The molecule has 2 nitrogen and oxygen atoms in total. The lowest BCUT2D eigenvalue weighted by Crippen LogP contribution is -2.53. The Morgan fingerprint density at radius 1 is 1.00 bits per heavy atom. The van der Waals surface area contributed by atoms with Crippen LogP contribution in [0.3, 0.4) is 0 Å². The van der Waals surface area contributed by atoms with Gasteiger partial charge in [0.05, 0.1) is 0 Å². The van der Waals surface area contributed by atoms with Crippen molar-refractivity contribution in [2.75, 3.05) is 13.2 Å². The normalized spacial score (nSPS) is 11.8. The summed E-state index contributed by atoms with van der Waals surface area (Å²) in [4.78, 5) is 0. The van der Waals surface area contributed by atoms with Crippen LogP contribution in [-0.2, 0) is 8.85 Å². The van der Waals surface area contributed by atoms with Gasteiger partial charge in [-0.2, -0.15) is 0 Å². The minimum absolute atomic E-state index is 0.799. The maximum Gasteiger partial charge on any atom is 0.370 e. The zero-order chi connectivity index (χ0) is 15.0. The summed E-state index contributed by atoms with van der Waals surface area (Å²) in [5.74, 6) is 0. The Kier molecular flexibility index (Phi) is 9.20. The molecule has 0 aliphatic heterocycles. The van der Waals surface area contributed by atoms with Gasteiger partial charge in [0.25, 0.3) is 0 Å². The first-order chi connectivity index (χ1) is 9.55. The minimum Gasteiger partial charge on any atom is -0.391 e. The monoisotopic (exact) mass is 518 g/mol. The molecule has 114 valence electrons. The lowest BCUT2D eigenvalue weighted by atomic mass is 10.4. The Hall–Kier alpha value is 0.817. The molecule has 1 aromatic carbocycles. The van der Waals surface area contributed by atoms with E-state index in [1.807, 2.05) is 0 Å².